The van der Waals surface area contributed by atoms with Crippen LogP contribution in [0.3, 0.4) is 0 Å². The highest BCUT2D eigenvalue weighted by Gasteiger charge is 2.64. The minimum Gasteiger partial charge on any atom is -0.375 e. The Kier molecular flexibility index (Phi) is 8.23. The molecule has 0 aromatic carbocycles. The van der Waals surface area contributed by atoms with E-state index in [0.29, 0.717) is 31.1 Å². The highest BCUT2D eigenvalue weighted by molar-refractivity contribution is 7.11. The number of halogens is 3. The molecule has 2 aliphatic carbocycles. The maximum absolute atomic E-state index is 14.1. The van der Waals surface area contributed by atoms with Crippen molar-refractivity contribution in [1.82, 2.24) is 25.0 Å². The van der Waals surface area contributed by atoms with Gasteiger partial charge in [0.15, 0.2) is 0 Å². The van der Waals surface area contributed by atoms with Crippen molar-refractivity contribution in [3.8, 4) is 0 Å². The molecule has 5 fully saturated rings. The number of amides is 4. The first-order chi connectivity index (χ1) is 21.2. The van der Waals surface area contributed by atoms with Gasteiger partial charge in [0, 0.05) is 50.6 Å². The number of nitrogens with zero attached hydrogens (tertiary/aromatic N) is 4. The van der Waals surface area contributed by atoms with Crippen molar-refractivity contribution in [2.75, 3.05) is 45.9 Å². The van der Waals surface area contributed by atoms with Crippen LogP contribution in [0.15, 0.2) is 11.7 Å². The summed E-state index contributed by atoms with van der Waals surface area (Å²) in [5.74, 6) is -1.82. The average Bonchev–Trinajstić information content (AvgIpc) is 3.74. The summed E-state index contributed by atoms with van der Waals surface area (Å²) in [6, 6.07) is -1.19. The predicted octanol–water partition coefficient (Wildman–Crippen LogP) is 3.33. The number of piperidine rings is 1. The van der Waals surface area contributed by atoms with Gasteiger partial charge in [-0.25, -0.2) is 0 Å². The fourth-order valence-electron chi connectivity index (χ4n) is 7.25. The summed E-state index contributed by atoms with van der Waals surface area (Å²) in [5, 5.41) is 2.87. The molecule has 2 saturated carbocycles. The summed E-state index contributed by atoms with van der Waals surface area (Å²) in [6.45, 7) is 7.06. The summed E-state index contributed by atoms with van der Waals surface area (Å²) in [5.41, 5.74) is -1.09. The van der Waals surface area contributed by atoms with Crippen LogP contribution in [0, 0.1) is 28.1 Å². The molecule has 1 spiro atoms. The van der Waals surface area contributed by atoms with Gasteiger partial charge in [-0.1, -0.05) is 13.8 Å². The second kappa shape index (κ2) is 11.5. The van der Waals surface area contributed by atoms with Gasteiger partial charge < -0.3 is 24.8 Å². The second-order valence-corrected chi connectivity index (χ2v) is 15.5. The summed E-state index contributed by atoms with van der Waals surface area (Å²) in [6.07, 6.45) is -0.585. The SMILES string of the molecule is C[C@@H](OCC1(C(F)(F)F)CC1)[C@H](NC(=O)[C@@H]1CN(C(=O)c2cncs2)CC12CN(C(=O)[C@H]1CC1(C)C)C2)C(=O)N1CCCCC1. The van der Waals surface area contributed by atoms with E-state index in [1.54, 1.807) is 20.2 Å². The first kappa shape index (κ1) is 32.2. The molecule has 3 saturated heterocycles. The zero-order chi connectivity index (χ0) is 32.4. The van der Waals surface area contributed by atoms with Crippen LogP contribution in [-0.4, -0.2) is 108 Å². The lowest BCUT2D eigenvalue weighted by Gasteiger charge is -2.50. The van der Waals surface area contributed by atoms with Gasteiger partial charge in [-0.3, -0.25) is 24.2 Å². The predicted molar refractivity (Wildman–Crippen MR) is 158 cm³/mol. The van der Waals surface area contributed by atoms with E-state index in [1.165, 1.54) is 24.5 Å². The number of rotatable bonds is 9. The maximum Gasteiger partial charge on any atom is 0.396 e. The molecule has 248 valence electrons. The summed E-state index contributed by atoms with van der Waals surface area (Å²) >= 11 is 1.20. The van der Waals surface area contributed by atoms with E-state index in [9.17, 15) is 32.3 Å². The second-order valence-electron chi connectivity index (χ2n) is 14.6. The van der Waals surface area contributed by atoms with Crippen molar-refractivity contribution in [1.29, 1.82) is 0 Å². The van der Waals surface area contributed by atoms with Crippen LogP contribution >= 0.6 is 11.3 Å². The van der Waals surface area contributed by atoms with Crippen LogP contribution in [-0.2, 0) is 19.1 Å². The van der Waals surface area contributed by atoms with Crippen molar-refractivity contribution >= 4 is 35.0 Å². The number of alkyl halides is 3. The number of thiazole rings is 1. The molecule has 0 unspecified atom stereocenters. The van der Waals surface area contributed by atoms with Crippen LogP contribution in [0.2, 0.25) is 0 Å². The van der Waals surface area contributed by atoms with Crippen LogP contribution in [0.4, 0.5) is 13.2 Å². The van der Waals surface area contributed by atoms with Crippen LogP contribution in [0.25, 0.3) is 0 Å². The molecule has 4 atom stereocenters. The maximum atomic E-state index is 14.1. The molecule has 0 radical (unpaired) electrons. The largest absolute Gasteiger partial charge is 0.396 e. The molecule has 1 N–H and O–H groups in total. The lowest BCUT2D eigenvalue weighted by Crippen LogP contribution is -2.65. The lowest BCUT2D eigenvalue weighted by molar-refractivity contribution is -0.206. The fourth-order valence-corrected chi connectivity index (χ4v) is 7.84. The molecule has 3 aliphatic heterocycles. The molecule has 10 nitrogen and oxygen atoms in total. The third kappa shape index (κ3) is 6.08. The molecule has 1 aromatic heterocycles. The summed E-state index contributed by atoms with van der Waals surface area (Å²) in [7, 11) is 0. The quantitative estimate of drug-likeness (QED) is 0.438. The van der Waals surface area contributed by atoms with Gasteiger partial charge in [0.1, 0.15) is 10.9 Å². The molecule has 45 heavy (non-hydrogen) atoms. The van der Waals surface area contributed by atoms with E-state index in [1.807, 2.05) is 0 Å². The van der Waals surface area contributed by atoms with E-state index < -0.39 is 47.6 Å². The van der Waals surface area contributed by atoms with Crippen molar-refractivity contribution in [3.63, 3.8) is 0 Å². The number of likely N-dealkylation sites (tertiary alicyclic amines) is 3. The number of carbonyl (C=O) groups excluding carboxylic acids is 4. The first-order valence-electron chi connectivity index (χ1n) is 15.9. The van der Waals surface area contributed by atoms with Crippen LogP contribution < -0.4 is 5.32 Å². The van der Waals surface area contributed by atoms with Gasteiger partial charge in [0.25, 0.3) is 5.91 Å². The molecule has 6 rings (SSSR count). The first-order valence-corrected chi connectivity index (χ1v) is 16.8. The smallest absolute Gasteiger partial charge is 0.375 e. The Bertz CT molecular complexity index is 1320. The molecule has 5 aliphatic rings. The Labute approximate surface area is 265 Å². The zero-order valence-corrected chi connectivity index (χ0v) is 26.8. The molecule has 1 aromatic rings. The summed E-state index contributed by atoms with van der Waals surface area (Å²) in [4.78, 5) is 63.9. The van der Waals surface area contributed by atoms with E-state index in [4.69, 9.17) is 4.74 Å². The number of aromatic nitrogens is 1. The normalized spacial score (nSPS) is 27.5. The molecular formula is C31H42F3N5O5S. The van der Waals surface area contributed by atoms with E-state index in [0.717, 1.165) is 25.7 Å². The third-order valence-corrected chi connectivity index (χ3v) is 11.6. The van der Waals surface area contributed by atoms with Crippen LogP contribution in [0.1, 0.15) is 69.0 Å². The fraction of sp³-hybridized carbons (Fsp3) is 0.774. The highest BCUT2D eigenvalue weighted by Crippen LogP contribution is 2.58. The number of hydrogen-bond donors (Lipinski definition) is 1. The van der Waals surface area contributed by atoms with E-state index >= 15 is 0 Å². The highest BCUT2D eigenvalue weighted by atomic mass is 32.1. The van der Waals surface area contributed by atoms with Gasteiger partial charge >= 0.3 is 6.18 Å². The van der Waals surface area contributed by atoms with Gasteiger partial charge in [-0.15, -0.1) is 11.3 Å². The topological polar surface area (TPSA) is 112 Å². The van der Waals surface area contributed by atoms with E-state index in [2.05, 4.69) is 24.1 Å². The third-order valence-electron chi connectivity index (χ3n) is 10.8. The minimum absolute atomic E-state index is 0.0260. The molecule has 0 bridgehead atoms. The number of hydrogen-bond acceptors (Lipinski definition) is 7. The molecule has 14 heteroatoms. The Morgan fingerprint density at radius 2 is 1.69 bits per heavy atom. The minimum atomic E-state index is -4.41. The van der Waals surface area contributed by atoms with Crippen LogP contribution in [0.5, 0.6) is 0 Å². The van der Waals surface area contributed by atoms with Gasteiger partial charge in [0.2, 0.25) is 17.7 Å². The molecule has 4 amide bonds. The standard InChI is InChI=1S/C31H42F3N5O5S/c1-19(44-17-30(7-8-30)31(32,33)34)23(27(43)37-9-5-4-6-10-37)36-24(40)21-13-38(26(42)22-12-35-18-45-22)14-29(21)15-39(16-29)25(41)20-11-28(20,2)3/h12,18-21,23H,4-11,13-17H2,1-3H3,(H,36,40)/t19-,20-,21+,23+/m1/s1. The number of ether oxygens (including phenoxy) is 1. The van der Waals surface area contributed by atoms with Gasteiger partial charge in [-0.2, -0.15) is 13.2 Å². The lowest BCUT2D eigenvalue weighted by atomic mass is 9.70. The van der Waals surface area contributed by atoms with Crippen molar-refractivity contribution < 1.29 is 37.1 Å². The monoisotopic (exact) mass is 653 g/mol. The van der Waals surface area contributed by atoms with E-state index in [-0.39, 0.29) is 55.0 Å². The van der Waals surface area contributed by atoms with Crippen molar-refractivity contribution in [2.24, 2.45) is 28.1 Å². The Balaban J connectivity index is 1.20. The van der Waals surface area contributed by atoms with Gasteiger partial charge in [0.05, 0.1) is 35.8 Å². The average molecular weight is 654 g/mol. The Morgan fingerprint density at radius 1 is 1.04 bits per heavy atom. The van der Waals surface area contributed by atoms with Gasteiger partial charge in [-0.05, 0) is 50.9 Å². The number of nitrogens with one attached hydrogen (secondary N) is 1. The van der Waals surface area contributed by atoms with Crippen molar-refractivity contribution in [3.05, 3.63) is 16.6 Å². The summed E-state index contributed by atoms with van der Waals surface area (Å²) < 4.78 is 46.7. The van der Waals surface area contributed by atoms with Crippen molar-refractivity contribution in [2.45, 2.75) is 77.6 Å². The Morgan fingerprint density at radius 3 is 2.24 bits per heavy atom. The Hall–Kier alpha value is -2.74. The zero-order valence-electron chi connectivity index (χ0n) is 26.0. The number of carbonyl (C=O) groups is 4. The molecule has 4 heterocycles. The molecular weight excluding hydrogens is 611 g/mol.